The van der Waals surface area contributed by atoms with Crippen molar-refractivity contribution in [3.63, 3.8) is 0 Å². The maximum atomic E-state index is 12.8. The molecule has 3 aromatic rings. The van der Waals surface area contributed by atoms with Gasteiger partial charge >= 0.3 is 6.18 Å². The molecule has 0 bridgehead atoms. The van der Waals surface area contributed by atoms with Crippen molar-refractivity contribution in [2.75, 3.05) is 55.6 Å². The summed E-state index contributed by atoms with van der Waals surface area (Å²) in [6.07, 6.45) is -0.773. The van der Waals surface area contributed by atoms with Crippen LogP contribution in [0, 0.1) is 6.92 Å². The lowest BCUT2D eigenvalue weighted by Gasteiger charge is -2.45. The second-order valence-corrected chi connectivity index (χ2v) is 10.3. The van der Waals surface area contributed by atoms with Gasteiger partial charge < -0.3 is 9.80 Å². The van der Waals surface area contributed by atoms with Gasteiger partial charge in [-0.15, -0.1) is 10.2 Å². The summed E-state index contributed by atoms with van der Waals surface area (Å²) in [7, 11) is 0. The summed E-state index contributed by atoms with van der Waals surface area (Å²) in [5, 5.41) is 9.74. The van der Waals surface area contributed by atoms with Gasteiger partial charge in [-0.05, 0) is 30.7 Å². The largest absolute Gasteiger partial charge is 0.401 e. The number of aryl methyl sites for hydroxylation is 1. The van der Waals surface area contributed by atoms with Crippen LogP contribution < -0.4 is 9.80 Å². The Kier molecular flexibility index (Phi) is 6.20. The molecule has 0 spiro atoms. The molecule has 0 N–H and O–H groups in total. The molecule has 2 aromatic heterocycles. The van der Waals surface area contributed by atoms with Gasteiger partial charge in [0.2, 0.25) is 5.95 Å². The lowest BCUT2D eigenvalue weighted by Crippen LogP contribution is -2.60. The van der Waals surface area contributed by atoms with E-state index in [1.165, 1.54) is 4.90 Å². The number of nitrogens with zero attached hydrogens (tertiary/aromatic N) is 9. The van der Waals surface area contributed by atoms with E-state index in [2.05, 4.69) is 39.4 Å². The summed E-state index contributed by atoms with van der Waals surface area (Å²) in [6, 6.07) is 5.78. The van der Waals surface area contributed by atoms with Crippen LogP contribution in [-0.4, -0.2) is 92.6 Å². The van der Waals surface area contributed by atoms with Crippen molar-refractivity contribution in [3.8, 4) is 5.69 Å². The minimum absolute atomic E-state index is 0.0136. The van der Waals surface area contributed by atoms with E-state index < -0.39 is 12.7 Å². The predicted molar refractivity (Wildman–Crippen MR) is 133 cm³/mol. The Bertz CT molecular complexity index is 1280. The van der Waals surface area contributed by atoms with Crippen LogP contribution in [0.5, 0.6) is 0 Å². The predicted octanol–water partition coefficient (Wildman–Crippen LogP) is 2.91. The number of halogens is 4. The topological polar surface area (TPSA) is 69.5 Å². The van der Waals surface area contributed by atoms with Gasteiger partial charge in [0.1, 0.15) is 5.82 Å². The van der Waals surface area contributed by atoms with Crippen LogP contribution in [0.1, 0.15) is 17.1 Å². The van der Waals surface area contributed by atoms with Crippen molar-refractivity contribution in [1.29, 1.82) is 0 Å². The van der Waals surface area contributed by atoms with Gasteiger partial charge in [0.05, 0.1) is 24.5 Å². The molecule has 0 aliphatic carbocycles. The molecule has 9 nitrogen and oxygen atoms in total. The third-order valence-electron chi connectivity index (χ3n) is 7.29. The lowest BCUT2D eigenvalue weighted by atomic mass is 10.1. The minimum Gasteiger partial charge on any atom is -0.352 e. The highest BCUT2D eigenvalue weighted by molar-refractivity contribution is 6.30. The third kappa shape index (κ3) is 4.85. The van der Waals surface area contributed by atoms with Crippen molar-refractivity contribution in [1.82, 2.24) is 34.5 Å². The van der Waals surface area contributed by atoms with E-state index in [9.17, 15) is 13.2 Å². The van der Waals surface area contributed by atoms with E-state index in [1.54, 1.807) is 12.4 Å². The summed E-state index contributed by atoms with van der Waals surface area (Å²) < 4.78 is 40.5. The molecule has 13 heteroatoms. The first-order valence-electron chi connectivity index (χ1n) is 12.3. The van der Waals surface area contributed by atoms with Crippen LogP contribution in [0.4, 0.5) is 24.9 Å². The Morgan fingerprint density at radius 1 is 0.973 bits per heavy atom. The van der Waals surface area contributed by atoms with Gasteiger partial charge in [-0.2, -0.15) is 13.2 Å². The molecule has 3 aliphatic heterocycles. The average Bonchev–Trinajstić information content (AvgIpc) is 3.17. The first-order valence-corrected chi connectivity index (χ1v) is 12.7. The van der Waals surface area contributed by atoms with Gasteiger partial charge in [-0.1, -0.05) is 11.6 Å². The highest BCUT2D eigenvalue weighted by atomic mass is 35.5. The van der Waals surface area contributed by atoms with Crippen molar-refractivity contribution < 1.29 is 13.2 Å². The molecule has 0 atom stereocenters. The van der Waals surface area contributed by atoms with Crippen LogP contribution >= 0.6 is 11.6 Å². The Morgan fingerprint density at radius 2 is 1.70 bits per heavy atom. The van der Waals surface area contributed by atoms with E-state index in [1.807, 2.05) is 25.1 Å². The number of alkyl halides is 3. The van der Waals surface area contributed by atoms with Gasteiger partial charge in [-0.3, -0.25) is 19.4 Å². The molecule has 3 aliphatic rings. The van der Waals surface area contributed by atoms with Crippen LogP contribution in [0.2, 0.25) is 5.02 Å². The molecule has 2 saturated heterocycles. The second-order valence-electron chi connectivity index (χ2n) is 9.83. The molecule has 6 rings (SSSR count). The Labute approximate surface area is 217 Å². The molecule has 1 aromatic carbocycles. The first kappa shape index (κ1) is 24.4. The fourth-order valence-corrected chi connectivity index (χ4v) is 5.65. The maximum Gasteiger partial charge on any atom is 0.401 e. The van der Waals surface area contributed by atoms with Gasteiger partial charge in [0.15, 0.2) is 5.82 Å². The number of likely N-dealkylation sites (tertiary alicyclic amines) is 1. The number of rotatable bonds is 4. The minimum atomic E-state index is -4.19. The number of anilines is 2. The Hall–Kier alpha value is -2.96. The van der Waals surface area contributed by atoms with Crippen LogP contribution in [0.15, 0.2) is 30.6 Å². The van der Waals surface area contributed by atoms with E-state index in [0.29, 0.717) is 31.2 Å². The summed E-state index contributed by atoms with van der Waals surface area (Å²) in [6.45, 7) is 5.97. The SMILES string of the molecule is Cc1nccnc1N1CCN(c2nnc3n2-c2ccc(Cl)cc2CN(C2CN(CC(F)(F)F)C2)C3)CC1. The number of fused-ring (bicyclic) bond motifs is 3. The molecule has 0 unspecified atom stereocenters. The van der Waals surface area contributed by atoms with E-state index in [0.717, 1.165) is 60.7 Å². The number of piperazine rings is 1. The fourth-order valence-electron chi connectivity index (χ4n) is 5.46. The standard InChI is InChI=1S/C24H27ClF3N9/c1-16-22(30-5-4-29-16)34-6-8-35(9-7-34)23-32-31-21-14-36(19-12-33(13-19)15-24(26,27)28)11-17-10-18(25)2-3-20(17)37(21)23/h2-5,10,19H,6-9,11-15H2,1H3. The molecule has 196 valence electrons. The normalized spacial score (nSPS) is 19.4. The zero-order valence-corrected chi connectivity index (χ0v) is 21.1. The van der Waals surface area contributed by atoms with Crippen molar-refractivity contribution in [2.45, 2.75) is 32.2 Å². The fraction of sp³-hybridized carbons (Fsp3) is 0.500. The zero-order chi connectivity index (χ0) is 25.7. The highest BCUT2D eigenvalue weighted by Gasteiger charge is 2.40. The van der Waals surface area contributed by atoms with Gasteiger partial charge in [0, 0.05) is 69.3 Å². The molecular formula is C24H27ClF3N9. The van der Waals surface area contributed by atoms with E-state index in [-0.39, 0.29) is 6.04 Å². The van der Waals surface area contributed by atoms with Gasteiger partial charge in [-0.25, -0.2) is 4.98 Å². The quantitative estimate of drug-likeness (QED) is 0.507. The number of hydrogen-bond acceptors (Lipinski definition) is 8. The van der Waals surface area contributed by atoms with Crippen LogP contribution in [-0.2, 0) is 13.1 Å². The van der Waals surface area contributed by atoms with E-state index in [4.69, 9.17) is 11.6 Å². The summed E-state index contributed by atoms with van der Waals surface area (Å²) in [5.41, 5.74) is 2.87. The summed E-state index contributed by atoms with van der Waals surface area (Å²) >= 11 is 6.36. The molecular weight excluding hydrogens is 507 g/mol. The molecule has 37 heavy (non-hydrogen) atoms. The molecule has 0 amide bonds. The van der Waals surface area contributed by atoms with Crippen molar-refractivity contribution >= 4 is 23.4 Å². The number of hydrogen-bond donors (Lipinski definition) is 0. The first-order chi connectivity index (χ1) is 17.7. The molecule has 5 heterocycles. The molecule has 0 radical (unpaired) electrons. The maximum absolute atomic E-state index is 12.8. The Balaban J connectivity index is 1.24. The number of aromatic nitrogens is 5. The lowest BCUT2D eigenvalue weighted by molar-refractivity contribution is -0.161. The smallest absolute Gasteiger partial charge is 0.352 e. The van der Waals surface area contributed by atoms with Gasteiger partial charge in [0.25, 0.3) is 0 Å². The third-order valence-corrected chi connectivity index (χ3v) is 7.52. The van der Waals surface area contributed by atoms with Crippen molar-refractivity contribution in [2.24, 2.45) is 0 Å². The molecule has 2 fully saturated rings. The van der Waals surface area contributed by atoms with Crippen LogP contribution in [0.3, 0.4) is 0 Å². The summed E-state index contributed by atoms with van der Waals surface area (Å²) in [4.78, 5) is 16.9. The van der Waals surface area contributed by atoms with Crippen LogP contribution in [0.25, 0.3) is 5.69 Å². The van der Waals surface area contributed by atoms with E-state index >= 15 is 0 Å². The number of benzene rings is 1. The summed E-state index contributed by atoms with van der Waals surface area (Å²) in [5.74, 6) is 2.44. The molecule has 0 saturated carbocycles. The zero-order valence-electron chi connectivity index (χ0n) is 20.4. The monoisotopic (exact) mass is 533 g/mol. The van der Waals surface area contributed by atoms with Crippen molar-refractivity contribution in [3.05, 3.63) is 52.7 Å². The average molecular weight is 534 g/mol. The second kappa shape index (κ2) is 9.41. The highest BCUT2D eigenvalue weighted by Crippen LogP contribution is 2.33. The Morgan fingerprint density at radius 3 is 2.43 bits per heavy atom.